The lowest BCUT2D eigenvalue weighted by Crippen LogP contribution is -2.14. The number of benzene rings is 3. The molecule has 0 saturated carbocycles. The molecule has 9 nitrogen and oxygen atoms in total. The fourth-order valence-corrected chi connectivity index (χ4v) is 3.27. The second-order valence-electron chi connectivity index (χ2n) is 7.32. The van der Waals surface area contributed by atoms with E-state index in [4.69, 9.17) is 25.8 Å². The lowest BCUT2D eigenvalue weighted by Gasteiger charge is -2.13. The maximum absolute atomic E-state index is 12.7. The van der Waals surface area contributed by atoms with Crippen LogP contribution in [0.15, 0.2) is 66.2 Å². The van der Waals surface area contributed by atoms with E-state index in [0.717, 1.165) is 5.56 Å². The number of anilines is 1. The molecule has 0 heterocycles. The Labute approximate surface area is 212 Å². The lowest BCUT2D eigenvalue weighted by molar-refractivity contribution is -0.384. The minimum absolute atomic E-state index is 0.0932. The maximum Gasteiger partial charge on any atom is 0.273 e. The Morgan fingerprint density at radius 2 is 1.83 bits per heavy atom. The summed E-state index contributed by atoms with van der Waals surface area (Å²) in [5.74, 6) is 0.346. The third kappa shape index (κ3) is 6.74. The molecule has 0 spiro atoms. The second kappa shape index (κ2) is 12.2. The van der Waals surface area contributed by atoms with Gasteiger partial charge < -0.3 is 19.5 Å². The van der Waals surface area contributed by atoms with Gasteiger partial charge >= 0.3 is 0 Å². The van der Waals surface area contributed by atoms with Gasteiger partial charge in [-0.2, -0.15) is 5.26 Å². The summed E-state index contributed by atoms with van der Waals surface area (Å²) >= 11 is 5.92. The smallest absolute Gasteiger partial charge is 0.273 e. The van der Waals surface area contributed by atoms with Gasteiger partial charge in [0, 0.05) is 11.1 Å². The van der Waals surface area contributed by atoms with Crippen molar-refractivity contribution < 1.29 is 23.9 Å². The van der Waals surface area contributed by atoms with Crippen molar-refractivity contribution in [3.63, 3.8) is 0 Å². The van der Waals surface area contributed by atoms with Crippen molar-refractivity contribution in [3.05, 3.63) is 92.5 Å². The zero-order valence-corrected chi connectivity index (χ0v) is 20.2. The molecule has 0 unspecified atom stereocenters. The van der Waals surface area contributed by atoms with E-state index in [1.807, 2.05) is 25.1 Å². The highest BCUT2D eigenvalue weighted by Crippen LogP contribution is 2.31. The van der Waals surface area contributed by atoms with Crippen LogP contribution < -0.4 is 19.5 Å². The van der Waals surface area contributed by atoms with Crippen molar-refractivity contribution in [2.75, 3.05) is 19.0 Å². The van der Waals surface area contributed by atoms with Crippen LogP contribution >= 0.6 is 11.6 Å². The summed E-state index contributed by atoms with van der Waals surface area (Å²) in [7, 11) is 1.32. The van der Waals surface area contributed by atoms with Crippen LogP contribution in [0.5, 0.6) is 17.2 Å². The van der Waals surface area contributed by atoms with Gasteiger partial charge in [-0.15, -0.1) is 0 Å². The standard InChI is InChI=1S/C26H22ClN3O6/c1-3-35-25-13-18(6-11-23(25)36-16-17-4-7-20(27)8-5-17)12-19(15-28)26(31)29-22-10-9-21(30(32)33)14-24(22)34-2/h4-14H,3,16H2,1-2H3,(H,29,31). The average molecular weight is 508 g/mol. The van der Waals surface area contributed by atoms with Crippen molar-refractivity contribution in [3.8, 4) is 23.3 Å². The van der Waals surface area contributed by atoms with Gasteiger partial charge in [-0.05, 0) is 54.5 Å². The zero-order chi connectivity index (χ0) is 26.1. The summed E-state index contributed by atoms with van der Waals surface area (Å²) in [6.45, 7) is 2.52. The Hall–Kier alpha value is -4.55. The number of carbonyl (C=O) groups is 1. The Bertz CT molecular complexity index is 1330. The number of nitro groups is 1. The highest BCUT2D eigenvalue weighted by Gasteiger charge is 2.16. The number of nitrogens with zero attached hydrogens (tertiary/aromatic N) is 2. The quantitative estimate of drug-likeness (QED) is 0.159. The van der Waals surface area contributed by atoms with Crippen LogP contribution in [-0.4, -0.2) is 24.5 Å². The fraction of sp³-hybridized carbons (Fsp3) is 0.154. The molecule has 0 aliphatic rings. The molecule has 3 rings (SSSR count). The highest BCUT2D eigenvalue weighted by molar-refractivity contribution is 6.30. The first-order valence-corrected chi connectivity index (χ1v) is 11.1. The molecular formula is C26H22ClN3O6. The molecule has 0 aliphatic heterocycles. The number of hydrogen-bond donors (Lipinski definition) is 1. The van der Waals surface area contributed by atoms with E-state index in [2.05, 4.69) is 5.32 Å². The monoisotopic (exact) mass is 507 g/mol. The van der Waals surface area contributed by atoms with E-state index in [-0.39, 0.29) is 22.7 Å². The number of amides is 1. The molecule has 10 heteroatoms. The van der Waals surface area contributed by atoms with Crippen molar-refractivity contribution in [1.29, 1.82) is 5.26 Å². The van der Waals surface area contributed by atoms with E-state index in [1.54, 1.807) is 30.3 Å². The Morgan fingerprint density at radius 3 is 2.47 bits per heavy atom. The topological polar surface area (TPSA) is 124 Å². The molecule has 3 aromatic rings. The van der Waals surface area contributed by atoms with Gasteiger partial charge in [0.05, 0.1) is 30.4 Å². The van der Waals surface area contributed by atoms with Gasteiger partial charge in [0.25, 0.3) is 11.6 Å². The molecule has 0 radical (unpaired) electrons. The number of methoxy groups -OCH3 is 1. The van der Waals surface area contributed by atoms with E-state index in [9.17, 15) is 20.2 Å². The molecule has 0 aliphatic carbocycles. The first-order chi connectivity index (χ1) is 17.3. The van der Waals surface area contributed by atoms with Gasteiger partial charge in [-0.25, -0.2) is 0 Å². The molecule has 0 bridgehead atoms. The molecule has 0 fully saturated rings. The number of halogens is 1. The minimum atomic E-state index is -0.703. The summed E-state index contributed by atoms with van der Waals surface area (Å²) in [6.07, 6.45) is 1.40. The predicted molar refractivity (Wildman–Crippen MR) is 135 cm³/mol. The number of carbonyl (C=O) groups excluding carboxylic acids is 1. The van der Waals surface area contributed by atoms with Crippen molar-refractivity contribution >= 4 is 35.0 Å². The molecule has 0 aromatic heterocycles. The molecule has 0 saturated heterocycles. The Morgan fingerprint density at radius 1 is 1.08 bits per heavy atom. The summed E-state index contributed by atoms with van der Waals surface area (Å²) < 4.78 is 16.7. The van der Waals surface area contributed by atoms with Gasteiger partial charge in [-0.3, -0.25) is 14.9 Å². The lowest BCUT2D eigenvalue weighted by atomic mass is 10.1. The second-order valence-corrected chi connectivity index (χ2v) is 7.76. The fourth-order valence-electron chi connectivity index (χ4n) is 3.15. The SMILES string of the molecule is CCOc1cc(C=C(C#N)C(=O)Nc2ccc([N+](=O)[O-])cc2OC)ccc1OCc1ccc(Cl)cc1. The summed E-state index contributed by atoms with van der Waals surface area (Å²) in [4.78, 5) is 23.1. The number of nitriles is 1. The summed E-state index contributed by atoms with van der Waals surface area (Å²) in [5.41, 5.74) is 1.28. The van der Waals surface area contributed by atoms with Crippen LogP contribution in [0.3, 0.4) is 0 Å². The highest BCUT2D eigenvalue weighted by atomic mass is 35.5. The maximum atomic E-state index is 12.7. The number of ether oxygens (including phenoxy) is 3. The third-order valence-corrected chi connectivity index (χ3v) is 5.15. The normalized spacial score (nSPS) is 10.8. The molecule has 1 N–H and O–H groups in total. The van der Waals surface area contributed by atoms with Gasteiger partial charge in [0.2, 0.25) is 0 Å². The first-order valence-electron chi connectivity index (χ1n) is 10.7. The van der Waals surface area contributed by atoms with Crippen LogP contribution in [0, 0.1) is 21.4 Å². The Kier molecular flexibility index (Phi) is 8.86. The van der Waals surface area contributed by atoms with E-state index in [0.29, 0.717) is 35.3 Å². The number of rotatable bonds is 10. The molecular weight excluding hydrogens is 486 g/mol. The zero-order valence-electron chi connectivity index (χ0n) is 19.5. The molecule has 36 heavy (non-hydrogen) atoms. The minimum Gasteiger partial charge on any atom is -0.494 e. The largest absolute Gasteiger partial charge is 0.494 e. The number of non-ortho nitro benzene ring substituents is 1. The van der Waals surface area contributed by atoms with E-state index < -0.39 is 10.8 Å². The van der Waals surface area contributed by atoms with Crippen LogP contribution in [0.1, 0.15) is 18.1 Å². The van der Waals surface area contributed by atoms with Crippen molar-refractivity contribution in [2.45, 2.75) is 13.5 Å². The van der Waals surface area contributed by atoms with E-state index in [1.165, 1.54) is 31.4 Å². The van der Waals surface area contributed by atoms with Crippen LogP contribution in [0.25, 0.3) is 6.08 Å². The van der Waals surface area contributed by atoms with Crippen molar-refractivity contribution in [1.82, 2.24) is 0 Å². The summed E-state index contributed by atoms with van der Waals surface area (Å²) in [5, 5.41) is 23.7. The van der Waals surface area contributed by atoms with Crippen molar-refractivity contribution in [2.24, 2.45) is 0 Å². The predicted octanol–water partition coefficient (Wildman–Crippen LogP) is 5.78. The van der Waals surface area contributed by atoms with Gasteiger partial charge in [0.1, 0.15) is 24.0 Å². The molecule has 184 valence electrons. The molecule has 1 amide bonds. The Balaban J connectivity index is 1.80. The average Bonchev–Trinajstić information content (AvgIpc) is 2.87. The van der Waals surface area contributed by atoms with Crippen LogP contribution in [-0.2, 0) is 11.4 Å². The third-order valence-electron chi connectivity index (χ3n) is 4.90. The number of nitrogens with one attached hydrogen (secondary N) is 1. The number of nitro benzene ring substituents is 1. The van der Waals surface area contributed by atoms with Crippen LogP contribution in [0.2, 0.25) is 5.02 Å². The van der Waals surface area contributed by atoms with Gasteiger partial charge in [-0.1, -0.05) is 29.8 Å². The first kappa shape index (κ1) is 26.1. The van der Waals surface area contributed by atoms with Gasteiger partial charge in [0.15, 0.2) is 11.5 Å². The summed E-state index contributed by atoms with van der Waals surface area (Å²) in [6, 6.07) is 17.9. The molecule has 3 aromatic carbocycles. The molecule has 0 atom stereocenters. The van der Waals surface area contributed by atoms with E-state index >= 15 is 0 Å². The number of hydrogen-bond acceptors (Lipinski definition) is 7. The van der Waals surface area contributed by atoms with Crippen LogP contribution in [0.4, 0.5) is 11.4 Å².